The number of rotatable bonds is 6. The van der Waals surface area contributed by atoms with Gasteiger partial charge in [-0.15, -0.1) is 0 Å². The van der Waals surface area contributed by atoms with E-state index < -0.39 is 36.9 Å². The number of hydrogen-bond donors (Lipinski definition) is 1. The molecule has 4 rings (SSSR count). The largest absolute Gasteiger partial charge is 0.454 e. The molecule has 0 spiro atoms. The topological polar surface area (TPSA) is 111 Å². The van der Waals surface area contributed by atoms with Gasteiger partial charge >= 0.3 is 5.97 Å². The third-order valence-electron chi connectivity index (χ3n) is 5.18. The zero-order valence-corrected chi connectivity index (χ0v) is 15.6. The van der Waals surface area contributed by atoms with Crippen LogP contribution in [0.3, 0.4) is 0 Å². The van der Waals surface area contributed by atoms with Crippen LogP contribution >= 0.6 is 0 Å². The highest BCUT2D eigenvalue weighted by atomic mass is 16.7. The molecule has 0 radical (unpaired) electrons. The maximum Gasteiger partial charge on any atom is 0.326 e. The van der Waals surface area contributed by atoms with Gasteiger partial charge < -0.3 is 19.5 Å². The fraction of sp³-hybridized carbons (Fsp3) is 0.400. The average molecular weight is 400 g/mol. The van der Waals surface area contributed by atoms with Gasteiger partial charge in [-0.05, 0) is 30.5 Å². The molecule has 0 saturated carbocycles. The van der Waals surface area contributed by atoms with E-state index in [0.29, 0.717) is 24.3 Å². The van der Waals surface area contributed by atoms with Crippen LogP contribution in [0.2, 0.25) is 0 Å². The maximum atomic E-state index is 12.3. The van der Waals surface area contributed by atoms with Gasteiger partial charge in [0.05, 0.1) is 11.8 Å². The summed E-state index contributed by atoms with van der Waals surface area (Å²) in [6.45, 7) is -0.568. The highest BCUT2D eigenvalue weighted by molar-refractivity contribution is 6.07. The summed E-state index contributed by atoms with van der Waals surface area (Å²) >= 11 is 0. The fourth-order valence-electron chi connectivity index (χ4n) is 3.65. The number of fused-ring (bicyclic) bond motifs is 2. The third-order valence-corrected chi connectivity index (χ3v) is 5.18. The van der Waals surface area contributed by atoms with E-state index in [1.54, 1.807) is 18.2 Å². The van der Waals surface area contributed by atoms with Gasteiger partial charge in [0.2, 0.25) is 18.6 Å². The molecule has 3 amide bonds. The van der Waals surface area contributed by atoms with E-state index in [1.807, 2.05) is 12.2 Å². The number of carbonyl (C=O) groups is 4. The summed E-state index contributed by atoms with van der Waals surface area (Å²) in [5, 5.41) is 2.63. The Morgan fingerprint density at radius 3 is 2.48 bits per heavy atom. The van der Waals surface area contributed by atoms with Crippen LogP contribution in [0.25, 0.3) is 0 Å². The van der Waals surface area contributed by atoms with Crippen molar-refractivity contribution in [2.24, 2.45) is 11.8 Å². The van der Waals surface area contributed by atoms with E-state index in [0.717, 1.165) is 10.5 Å². The van der Waals surface area contributed by atoms with Gasteiger partial charge in [0.1, 0.15) is 6.54 Å². The zero-order chi connectivity index (χ0) is 20.4. The van der Waals surface area contributed by atoms with Crippen LogP contribution in [-0.4, -0.2) is 48.5 Å². The van der Waals surface area contributed by atoms with E-state index in [4.69, 9.17) is 14.2 Å². The molecule has 9 nitrogen and oxygen atoms in total. The first-order chi connectivity index (χ1) is 14.0. The molecule has 1 N–H and O–H groups in total. The molecule has 3 aliphatic rings. The number of carbonyl (C=O) groups excluding carboxylic acids is 4. The van der Waals surface area contributed by atoms with Crippen molar-refractivity contribution in [3.8, 4) is 11.5 Å². The maximum absolute atomic E-state index is 12.3. The Kier molecular flexibility index (Phi) is 5.20. The van der Waals surface area contributed by atoms with Crippen LogP contribution in [0.5, 0.6) is 11.5 Å². The van der Waals surface area contributed by atoms with Gasteiger partial charge in [0, 0.05) is 6.54 Å². The van der Waals surface area contributed by atoms with Gasteiger partial charge in [0.15, 0.2) is 18.1 Å². The van der Waals surface area contributed by atoms with Crippen LogP contribution in [0.15, 0.2) is 30.4 Å². The molecule has 1 aliphatic carbocycles. The summed E-state index contributed by atoms with van der Waals surface area (Å²) in [6, 6.07) is 5.30. The number of benzene rings is 1. The molecule has 9 heteroatoms. The molecular weight excluding hydrogens is 380 g/mol. The van der Waals surface area contributed by atoms with Gasteiger partial charge in [-0.1, -0.05) is 18.2 Å². The lowest BCUT2D eigenvalue weighted by Crippen LogP contribution is -2.38. The average Bonchev–Trinajstić information content (AvgIpc) is 3.29. The molecule has 0 unspecified atom stereocenters. The summed E-state index contributed by atoms with van der Waals surface area (Å²) in [5.74, 6) is -1.53. The molecular formula is C20H20N2O7. The highest BCUT2D eigenvalue weighted by Crippen LogP contribution is 2.35. The lowest BCUT2D eigenvalue weighted by atomic mass is 9.85. The lowest BCUT2D eigenvalue weighted by molar-refractivity contribution is -0.154. The summed E-state index contributed by atoms with van der Waals surface area (Å²) < 4.78 is 15.4. The molecule has 1 aromatic carbocycles. The van der Waals surface area contributed by atoms with Crippen molar-refractivity contribution < 1.29 is 33.4 Å². The number of nitrogens with one attached hydrogen (secondary N) is 1. The SMILES string of the molecule is O=C(COC(=O)CN1C(=O)[C@@H]2CC=CC[C@H]2C1=O)NCc1ccc2c(c1)OCO2. The number of amides is 3. The van der Waals surface area contributed by atoms with Crippen LogP contribution in [-0.2, 0) is 30.5 Å². The lowest BCUT2D eigenvalue weighted by Gasteiger charge is -2.14. The minimum Gasteiger partial charge on any atom is -0.454 e. The molecule has 2 atom stereocenters. The number of allylic oxidation sites excluding steroid dienone is 2. The Morgan fingerprint density at radius 1 is 1.07 bits per heavy atom. The Balaban J connectivity index is 1.22. The predicted octanol–water partition coefficient (Wildman–Crippen LogP) is 0.526. The Morgan fingerprint density at radius 2 is 1.76 bits per heavy atom. The first-order valence-corrected chi connectivity index (χ1v) is 9.34. The molecule has 2 heterocycles. The van der Waals surface area contributed by atoms with Gasteiger partial charge in [0.25, 0.3) is 5.91 Å². The number of esters is 1. The predicted molar refractivity (Wildman–Crippen MR) is 97.4 cm³/mol. The number of ether oxygens (including phenoxy) is 3. The molecule has 0 bridgehead atoms. The molecule has 1 fully saturated rings. The molecule has 1 aromatic rings. The number of likely N-dealkylation sites (tertiary alicyclic amines) is 1. The number of nitrogens with zero attached hydrogens (tertiary/aromatic N) is 1. The van der Waals surface area contributed by atoms with Crippen molar-refractivity contribution in [2.75, 3.05) is 19.9 Å². The quantitative estimate of drug-likeness (QED) is 0.421. The van der Waals surface area contributed by atoms with E-state index >= 15 is 0 Å². The molecule has 29 heavy (non-hydrogen) atoms. The van der Waals surface area contributed by atoms with Crippen molar-refractivity contribution in [1.29, 1.82) is 0 Å². The van der Waals surface area contributed by atoms with Gasteiger partial charge in [-0.25, -0.2) is 0 Å². The molecule has 152 valence electrons. The normalized spacial score (nSPS) is 21.9. The van der Waals surface area contributed by atoms with Crippen molar-refractivity contribution >= 4 is 23.7 Å². The summed E-state index contributed by atoms with van der Waals surface area (Å²) in [5.41, 5.74) is 0.804. The zero-order valence-electron chi connectivity index (χ0n) is 15.6. The molecule has 0 aromatic heterocycles. The van der Waals surface area contributed by atoms with Crippen molar-refractivity contribution in [3.05, 3.63) is 35.9 Å². The standard InChI is InChI=1S/C20H20N2O7/c23-17(21-8-12-5-6-15-16(7-12)29-11-28-15)10-27-18(24)9-22-19(25)13-3-1-2-4-14(13)20(22)26/h1-2,5-7,13-14H,3-4,8-11H2,(H,21,23)/t13-,14-/m1/s1. The minimum atomic E-state index is -0.795. The first kappa shape index (κ1) is 19.0. The summed E-state index contributed by atoms with van der Waals surface area (Å²) in [7, 11) is 0. The van der Waals surface area contributed by atoms with Gasteiger partial charge in [-0.3, -0.25) is 24.1 Å². The van der Waals surface area contributed by atoms with Crippen LogP contribution in [0, 0.1) is 11.8 Å². The Hall–Kier alpha value is -3.36. The van der Waals surface area contributed by atoms with Gasteiger partial charge in [-0.2, -0.15) is 0 Å². The second-order valence-corrected chi connectivity index (χ2v) is 7.04. The molecule has 1 saturated heterocycles. The number of hydrogen-bond acceptors (Lipinski definition) is 7. The van der Waals surface area contributed by atoms with E-state index in [9.17, 15) is 19.2 Å². The second kappa shape index (κ2) is 7.94. The van der Waals surface area contributed by atoms with Crippen molar-refractivity contribution in [2.45, 2.75) is 19.4 Å². The summed E-state index contributed by atoms with van der Waals surface area (Å²) in [4.78, 5) is 49.5. The smallest absolute Gasteiger partial charge is 0.326 e. The second-order valence-electron chi connectivity index (χ2n) is 7.04. The van der Waals surface area contributed by atoms with Crippen LogP contribution in [0.1, 0.15) is 18.4 Å². The van der Waals surface area contributed by atoms with Crippen molar-refractivity contribution in [3.63, 3.8) is 0 Å². The fourth-order valence-corrected chi connectivity index (χ4v) is 3.65. The monoisotopic (exact) mass is 400 g/mol. The van der Waals surface area contributed by atoms with E-state index in [1.165, 1.54) is 0 Å². The van der Waals surface area contributed by atoms with Crippen molar-refractivity contribution in [1.82, 2.24) is 10.2 Å². The summed E-state index contributed by atoms with van der Waals surface area (Å²) in [6.07, 6.45) is 4.75. The third kappa shape index (κ3) is 3.94. The Labute approximate surface area is 166 Å². The first-order valence-electron chi connectivity index (χ1n) is 9.34. The Bertz CT molecular complexity index is 869. The minimum absolute atomic E-state index is 0.168. The van der Waals surface area contributed by atoms with Crippen LogP contribution in [0.4, 0.5) is 0 Å². The van der Waals surface area contributed by atoms with E-state index in [-0.39, 0.29) is 25.2 Å². The van der Waals surface area contributed by atoms with Crippen LogP contribution < -0.4 is 14.8 Å². The number of imide groups is 1. The highest BCUT2D eigenvalue weighted by Gasteiger charge is 2.47. The molecule has 2 aliphatic heterocycles. The van der Waals surface area contributed by atoms with E-state index in [2.05, 4.69) is 5.32 Å².